The number of nitro benzene ring substituents is 1. The van der Waals surface area contributed by atoms with Crippen LogP contribution in [0.3, 0.4) is 0 Å². The summed E-state index contributed by atoms with van der Waals surface area (Å²) in [5.41, 5.74) is 0.0207. The van der Waals surface area contributed by atoms with Gasteiger partial charge in [0.1, 0.15) is 0 Å². The Morgan fingerprint density at radius 3 is 2.80 bits per heavy atom. The van der Waals surface area contributed by atoms with E-state index in [1.165, 1.54) is 0 Å². The third kappa shape index (κ3) is 2.90. The molecule has 2 aromatic rings. The van der Waals surface area contributed by atoms with Crippen LogP contribution >= 0.6 is 0 Å². The van der Waals surface area contributed by atoms with Crippen molar-refractivity contribution in [3.8, 4) is 0 Å². The van der Waals surface area contributed by atoms with E-state index in [0.717, 1.165) is 17.7 Å². The lowest BCUT2D eigenvalue weighted by molar-refractivity contribution is -0.384. The van der Waals surface area contributed by atoms with Gasteiger partial charge in [-0.25, -0.2) is 8.78 Å². The van der Waals surface area contributed by atoms with E-state index >= 15 is 0 Å². The number of halogens is 2. The van der Waals surface area contributed by atoms with E-state index in [4.69, 9.17) is 0 Å². The van der Waals surface area contributed by atoms with Crippen molar-refractivity contribution in [3.05, 3.63) is 51.8 Å². The highest BCUT2D eigenvalue weighted by Gasteiger charge is 2.21. The van der Waals surface area contributed by atoms with Crippen molar-refractivity contribution in [2.24, 2.45) is 0 Å². The van der Waals surface area contributed by atoms with Crippen LogP contribution in [-0.2, 0) is 6.54 Å². The molecular formula is C12H12F2N4O2. The molecule has 1 aromatic heterocycles. The van der Waals surface area contributed by atoms with Gasteiger partial charge in [-0.05, 0) is 18.6 Å². The second-order valence-electron chi connectivity index (χ2n) is 4.22. The van der Waals surface area contributed by atoms with Gasteiger partial charge in [0.15, 0.2) is 17.3 Å². The zero-order valence-corrected chi connectivity index (χ0v) is 10.6. The highest BCUT2D eigenvalue weighted by Crippen LogP contribution is 2.28. The predicted octanol–water partition coefficient (Wildman–Crippen LogP) is 2.49. The highest BCUT2D eigenvalue weighted by atomic mass is 19.2. The Kier molecular flexibility index (Phi) is 3.92. The number of nitrogens with one attached hydrogen (secondary N) is 1. The van der Waals surface area contributed by atoms with E-state index in [2.05, 4.69) is 10.4 Å². The Morgan fingerprint density at radius 1 is 1.45 bits per heavy atom. The zero-order valence-electron chi connectivity index (χ0n) is 10.6. The first-order valence-electron chi connectivity index (χ1n) is 5.84. The van der Waals surface area contributed by atoms with E-state index in [0.29, 0.717) is 6.54 Å². The number of hydrogen-bond acceptors (Lipinski definition) is 4. The molecule has 106 valence electrons. The molecule has 0 radical (unpaired) electrons. The van der Waals surface area contributed by atoms with Crippen molar-refractivity contribution in [1.29, 1.82) is 0 Å². The normalized spacial score (nSPS) is 10.6. The van der Waals surface area contributed by atoms with Crippen molar-refractivity contribution in [1.82, 2.24) is 9.78 Å². The number of nitrogens with zero attached hydrogens (tertiary/aromatic N) is 3. The number of benzene rings is 1. The summed E-state index contributed by atoms with van der Waals surface area (Å²) in [6.45, 7) is 2.43. The summed E-state index contributed by atoms with van der Waals surface area (Å²) in [7, 11) is 0. The minimum absolute atomic E-state index is 0.183. The standard InChI is InChI=1S/C12H12F2N4O2/c1-8-6-16-17(7-8)5-4-15-12-10(18(19)20)3-2-9(13)11(12)14/h2-3,6-7,15H,4-5H2,1H3. The molecule has 1 aromatic carbocycles. The molecule has 20 heavy (non-hydrogen) atoms. The summed E-state index contributed by atoms with van der Waals surface area (Å²) in [4.78, 5) is 10.0. The molecule has 0 aliphatic carbocycles. The van der Waals surface area contributed by atoms with Gasteiger partial charge >= 0.3 is 0 Å². The molecular weight excluding hydrogens is 270 g/mol. The van der Waals surface area contributed by atoms with Gasteiger partial charge in [-0.1, -0.05) is 0 Å². The van der Waals surface area contributed by atoms with Crippen LogP contribution < -0.4 is 5.32 Å². The fraction of sp³-hybridized carbons (Fsp3) is 0.250. The van der Waals surface area contributed by atoms with Crippen LogP contribution in [0, 0.1) is 28.7 Å². The molecule has 1 heterocycles. The third-order valence-corrected chi connectivity index (χ3v) is 2.67. The largest absolute Gasteiger partial charge is 0.375 e. The van der Waals surface area contributed by atoms with Crippen molar-refractivity contribution >= 4 is 11.4 Å². The summed E-state index contributed by atoms with van der Waals surface area (Å²) in [5.74, 6) is -2.39. The molecule has 0 bridgehead atoms. The lowest BCUT2D eigenvalue weighted by Crippen LogP contribution is -2.13. The second kappa shape index (κ2) is 5.64. The Bertz CT molecular complexity index is 642. The molecule has 0 spiro atoms. The average Bonchev–Trinajstić information content (AvgIpc) is 2.80. The molecule has 6 nitrogen and oxygen atoms in total. The Morgan fingerprint density at radius 2 is 2.20 bits per heavy atom. The fourth-order valence-electron chi connectivity index (χ4n) is 1.75. The van der Waals surface area contributed by atoms with Gasteiger partial charge in [0.05, 0.1) is 17.7 Å². The molecule has 8 heteroatoms. The van der Waals surface area contributed by atoms with Crippen molar-refractivity contribution in [2.45, 2.75) is 13.5 Å². The topological polar surface area (TPSA) is 73.0 Å². The summed E-state index contributed by atoms with van der Waals surface area (Å²) in [6.07, 6.45) is 3.43. The third-order valence-electron chi connectivity index (χ3n) is 2.67. The highest BCUT2D eigenvalue weighted by molar-refractivity contribution is 5.62. The summed E-state index contributed by atoms with van der Waals surface area (Å²) < 4.78 is 28.3. The van der Waals surface area contributed by atoms with Crippen LogP contribution in [0.15, 0.2) is 24.5 Å². The monoisotopic (exact) mass is 282 g/mol. The fourth-order valence-corrected chi connectivity index (χ4v) is 1.75. The second-order valence-corrected chi connectivity index (χ2v) is 4.22. The van der Waals surface area contributed by atoms with E-state index in [9.17, 15) is 18.9 Å². The van der Waals surface area contributed by atoms with Crippen LogP contribution in [0.25, 0.3) is 0 Å². The molecule has 0 aliphatic rings. The molecule has 0 atom stereocenters. The maximum Gasteiger partial charge on any atom is 0.295 e. The first kappa shape index (κ1) is 13.9. The van der Waals surface area contributed by atoms with Crippen LogP contribution in [0.2, 0.25) is 0 Å². The van der Waals surface area contributed by atoms with Crippen LogP contribution in [0.5, 0.6) is 0 Å². The number of anilines is 1. The van der Waals surface area contributed by atoms with Crippen LogP contribution in [0.1, 0.15) is 5.56 Å². The van der Waals surface area contributed by atoms with Gasteiger partial charge in [0.2, 0.25) is 0 Å². The lowest BCUT2D eigenvalue weighted by Gasteiger charge is -2.08. The van der Waals surface area contributed by atoms with Gasteiger partial charge in [0, 0.05) is 18.8 Å². The van der Waals surface area contributed by atoms with Crippen molar-refractivity contribution in [2.75, 3.05) is 11.9 Å². The first-order valence-corrected chi connectivity index (χ1v) is 5.84. The van der Waals surface area contributed by atoms with E-state index < -0.39 is 27.9 Å². The van der Waals surface area contributed by atoms with Gasteiger partial charge < -0.3 is 5.32 Å². The van der Waals surface area contributed by atoms with E-state index in [1.54, 1.807) is 17.1 Å². The van der Waals surface area contributed by atoms with Gasteiger partial charge in [-0.15, -0.1) is 0 Å². The minimum Gasteiger partial charge on any atom is -0.375 e. The Balaban J connectivity index is 2.12. The number of aromatic nitrogens is 2. The molecule has 0 unspecified atom stereocenters. The number of aryl methyl sites for hydroxylation is 1. The van der Waals surface area contributed by atoms with E-state index in [-0.39, 0.29) is 6.54 Å². The smallest absolute Gasteiger partial charge is 0.295 e. The van der Waals surface area contributed by atoms with Crippen molar-refractivity contribution in [3.63, 3.8) is 0 Å². The number of nitro groups is 1. The number of hydrogen-bond donors (Lipinski definition) is 1. The van der Waals surface area contributed by atoms with Crippen molar-refractivity contribution < 1.29 is 13.7 Å². The van der Waals surface area contributed by atoms with E-state index in [1.807, 2.05) is 6.92 Å². The SMILES string of the molecule is Cc1cnn(CCNc2c([N+](=O)[O-])ccc(F)c2F)c1. The Hall–Kier alpha value is -2.51. The average molecular weight is 282 g/mol. The molecule has 1 N–H and O–H groups in total. The molecule has 0 saturated carbocycles. The van der Waals surface area contributed by atoms with Gasteiger partial charge in [-0.2, -0.15) is 5.10 Å². The summed E-state index contributed by atoms with van der Waals surface area (Å²) in [6, 6.07) is 1.66. The van der Waals surface area contributed by atoms with Crippen LogP contribution in [-0.4, -0.2) is 21.2 Å². The maximum absolute atomic E-state index is 13.6. The minimum atomic E-state index is -1.25. The molecule has 0 fully saturated rings. The maximum atomic E-state index is 13.6. The molecule has 2 rings (SSSR count). The molecule has 0 amide bonds. The quantitative estimate of drug-likeness (QED) is 0.675. The summed E-state index contributed by atoms with van der Waals surface area (Å²) in [5, 5.41) is 17.3. The molecule has 0 aliphatic heterocycles. The number of rotatable bonds is 5. The Labute approximate surface area is 113 Å². The van der Waals surface area contributed by atoms with Crippen LogP contribution in [0.4, 0.5) is 20.2 Å². The van der Waals surface area contributed by atoms with Gasteiger partial charge in [-0.3, -0.25) is 14.8 Å². The van der Waals surface area contributed by atoms with Gasteiger partial charge in [0.25, 0.3) is 5.69 Å². The zero-order chi connectivity index (χ0) is 14.7. The molecule has 0 saturated heterocycles. The predicted molar refractivity (Wildman–Crippen MR) is 68.5 cm³/mol. The summed E-state index contributed by atoms with van der Waals surface area (Å²) >= 11 is 0. The lowest BCUT2D eigenvalue weighted by atomic mass is 10.2. The first-order chi connectivity index (χ1) is 9.49.